The molecule has 0 bridgehead atoms. The minimum Gasteiger partial charge on any atom is -0.507 e. The molecule has 6 nitrogen and oxygen atoms in total. The summed E-state index contributed by atoms with van der Waals surface area (Å²) in [5.41, 5.74) is 1.14. The van der Waals surface area contributed by atoms with Crippen molar-refractivity contribution < 1.29 is 23.1 Å². The lowest BCUT2D eigenvalue weighted by atomic mass is 10.2. The molecule has 0 aliphatic carbocycles. The molecule has 0 fully saturated rings. The molecule has 0 radical (unpaired) electrons. The highest BCUT2D eigenvalue weighted by Crippen LogP contribution is 2.24. The van der Waals surface area contributed by atoms with Crippen molar-refractivity contribution in [2.45, 2.75) is 18.2 Å². The zero-order chi connectivity index (χ0) is 17.0. The highest BCUT2D eigenvalue weighted by molar-refractivity contribution is 7.92. The SMILES string of the molecule is CCc1ccc(S(=O)(=O)Nc2ccc(C(=O)OC)c(O)c2)cc1. The molecule has 0 aliphatic rings. The number of ether oxygens (including phenoxy) is 1. The quantitative estimate of drug-likeness (QED) is 0.819. The number of carbonyl (C=O) groups is 1. The van der Waals surface area contributed by atoms with Crippen molar-refractivity contribution in [3.63, 3.8) is 0 Å². The summed E-state index contributed by atoms with van der Waals surface area (Å²) in [5.74, 6) is -1.06. The monoisotopic (exact) mass is 335 g/mol. The number of anilines is 1. The van der Waals surface area contributed by atoms with Crippen LogP contribution in [0.1, 0.15) is 22.8 Å². The number of aryl methyl sites for hydroxylation is 1. The Morgan fingerprint density at radius 1 is 1.17 bits per heavy atom. The summed E-state index contributed by atoms with van der Waals surface area (Å²) in [5, 5.41) is 9.79. The predicted octanol–water partition coefficient (Wildman–Crippen LogP) is 2.54. The second kappa shape index (κ2) is 6.70. The number of benzene rings is 2. The molecular weight excluding hydrogens is 318 g/mol. The van der Waals surface area contributed by atoms with Gasteiger partial charge in [-0.1, -0.05) is 19.1 Å². The molecule has 0 atom stereocenters. The van der Waals surface area contributed by atoms with Crippen LogP contribution in [-0.2, 0) is 21.2 Å². The van der Waals surface area contributed by atoms with Crippen molar-refractivity contribution in [3.05, 3.63) is 53.6 Å². The third kappa shape index (κ3) is 3.81. The van der Waals surface area contributed by atoms with Gasteiger partial charge < -0.3 is 9.84 Å². The number of phenolic OH excluding ortho intramolecular Hbond substituents is 1. The zero-order valence-corrected chi connectivity index (χ0v) is 13.6. The molecule has 0 saturated carbocycles. The van der Waals surface area contributed by atoms with Gasteiger partial charge in [0.05, 0.1) is 17.7 Å². The topological polar surface area (TPSA) is 92.7 Å². The fourth-order valence-corrected chi connectivity index (χ4v) is 3.05. The smallest absolute Gasteiger partial charge is 0.341 e. The molecule has 2 N–H and O–H groups in total. The van der Waals surface area contributed by atoms with E-state index in [1.807, 2.05) is 6.92 Å². The van der Waals surface area contributed by atoms with E-state index in [0.717, 1.165) is 18.1 Å². The first-order valence-corrected chi connectivity index (χ1v) is 8.38. The van der Waals surface area contributed by atoms with E-state index in [4.69, 9.17) is 0 Å². The summed E-state index contributed by atoms with van der Waals surface area (Å²) in [6.07, 6.45) is 0.816. The fourth-order valence-electron chi connectivity index (χ4n) is 2.00. The number of nitrogens with one attached hydrogen (secondary N) is 1. The summed E-state index contributed by atoms with van der Waals surface area (Å²) in [6, 6.07) is 10.3. The van der Waals surface area contributed by atoms with Crippen LogP contribution in [0.2, 0.25) is 0 Å². The predicted molar refractivity (Wildman–Crippen MR) is 86.1 cm³/mol. The third-order valence-corrected chi connectivity index (χ3v) is 4.69. The first-order chi connectivity index (χ1) is 10.9. The van der Waals surface area contributed by atoms with Crippen molar-refractivity contribution >= 4 is 21.7 Å². The van der Waals surface area contributed by atoms with Crippen molar-refractivity contribution in [1.29, 1.82) is 0 Å². The van der Waals surface area contributed by atoms with Gasteiger partial charge in [0, 0.05) is 6.07 Å². The number of methoxy groups -OCH3 is 1. The average Bonchev–Trinajstić information content (AvgIpc) is 2.54. The van der Waals surface area contributed by atoms with Crippen LogP contribution in [0, 0.1) is 0 Å². The molecular formula is C16H17NO5S. The van der Waals surface area contributed by atoms with Crippen LogP contribution >= 0.6 is 0 Å². The molecule has 7 heteroatoms. The van der Waals surface area contributed by atoms with Crippen molar-refractivity contribution in [3.8, 4) is 5.75 Å². The minimum atomic E-state index is -3.77. The van der Waals surface area contributed by atoms with E-state index >= 15 is 0 Å². The number of phenols is 1. The van der Waals surface area contributed by atoms with Gasteiger partial charge in [0.25, 0.3) is 10.0 Å². The molecule has 0 saturated heterocycles. The molecule has 0 unspecified atom stereocenters. The standard InChI is InChI=1S/C16H17NO5S/c1-3-11-4-7-13(8-5-11)23(20,21)17-12-6-9-14(15(18)10-12)16(19)22-2/h4-10,17-18H,3H2,1-2H3. The number of hydrogen-bond donors (Lipinski definition) is 2. The molecule has 0 amide bonds. The molecule has 23 heavy (non-hydrogen) atoms. The number of esters is 1. The summed E-state index contributed by atoms with van der Waals surface area (Å²) in [7, 11) is -2.58. The van der Waals surface area contributed by atoms with E-state index in [-0.39, 0.29) is 21.9 Å². The Kier molecular flexibility index (Phi) is 4.90. The molecule has 2 rings (SSSR count). The van der Waals surface area contributed by atoms with Crippen LogP contribution in [0.25, 0.3) is 0 Å². The van der Waals surface area contributed by atoms with Gasteiger partial charge in [0.2, 0.25) is 0 Å². The molecule has 0 heterocycles. The second-order valence-electron chi connectivity index (χ2n) is 4.83. The highest BCUT2D eigenvalue weighted by Gasteiger charge is 2.16. The van der Waals surface area contributed by atoms with Gasteiger partial charge in [-0.2, -0.15) is 0 Å². The van der Waals surface area contributed by atoms with E-state index in [1.165, 1.54) is 31.4 Å². The molecule has 2 aromatic rings. The Bertz CT molecular complexity index is 813. The van der Waals surface area contributed by atoms with E-state index in [9.17, 15) is 18.3 Å². The van der Waals surface area contributed by atoms with Crippen LogP contribution < -0.4 is 4.72 Å². The number of sulfonamides is 1. The van der Waals surface area contributed by atoms with Gasteiger partial charge in [0.15, 0.2) is 0 Å². The minimum absolute atomic E-state index is 0.0391. The Labute approximate surface area is 134 Å². The second-order valence-corrected chi connectivity index (χ2v) is 6.51. The number of aromatic hydroxyl groups is 1. The molecule has 2 aromatic carbocycles. The Morgan fingerprint density at radius 3 is 2.35 bits per heavy atom. The maximum Gasteiger partial charge on any atom is 0.341 e. The van der Waals surface area contributed by atoms with Crippen molar-refractivity contribution in [2.75, 3.05) is 11.8 Å². The fraction of sp³-hybridized carbons (Fsp3) is 0.188. The summed E-state index contributed by atoms with van der Waals surface area (Å²) < 4.78 is 31.5. The lowest BCUT2D eigenvalue weighted by molar-refractivity contribution is 0.0597. The number of rotatable bonds is 5. The van der Waals surface area contributed by atoms with Gasteiger partial charge in [-0.25, -0.2) is 13.2 Å². The molecule has 122 valence electrons. The molecule has 0 aromatic heterocycles. The molecule has 0 spiro atoms. The van der Waals surface area contributed by atoms with E-state index in [0.29, 0.717) is 0 Å². The maximum atomic E-state index is 12.3. The Hall–Kier alpha value is -2.54. The van der Waals surface area contributed by atoms with Crippen molar-refractivity contribution in [2.24, 2.45) is 0 Å². The summed E-state index contributed by atoms with van der Waals surface area (Å²) in [6.45, 7) is 1.98. The summed E-state index contributed by atoms with van der Waals surface area (Å²) >= 11 is 0. The largest absolute Gasteiger partial charge is 0.507 e. The van der Waals surface area contributed by atoms with Crippen LogP contribution in [0.15, 0.2) is 47.4 Å². The van der Waals surface area contributed by atoms with Crippen LogP contribution in [0.4, 0.5) is 5.69 Å². The Balaban J connectivity index is 2.26. The Morgan fingerprint density at radius 2 is 1.83 bits per heavy atom. The van der Waals surface area contributed by atoms with Crippen LogP contribution in [-0.4, -0.2) is 26.6 Å². The normalized spacial score (nSPS) is 11.0. The van der Waals surface area contributed by atoms with Gasteiger partial charge in [0.1, 0.15) is 11.3 Å². The highest BCUT2D eigenvalue weighted by atomic mass is 32.2. The van der Waals surface area contributed by atoms with Crippen LogP contribution in [0.3, 0.4) is 0 Å². The van der Waals surface area contributed by atoms with Gasteiger partial charge in [-0.05, 0) is 36.2 Å². The lowest BCUT2D eigenvalue weighted by Crippen LogP contribution is -2.13. The van der Waals surface area contributed by atoms with Crippen LogP contribution in [0.5, 0.6) is 5.75 Å². The zero-order valence-electron chi connectivity index (χ0n) is 12.7. The van der Waals surface area contributed by atoms with Crippen molar-refractivity contribution in [1.82, 2.24) is 0 Å². The van der Waals surface area contributed by atoms with E-state index in [2.05, 4.69) is 9.46 Å². The number of hydrogen-bond acceptors (Lipinski definition) is 5. The first-order valence-electron chi connectivity index (χ1n) is 6.90. The van der Waals surface area contributed by atoms with Gasteiger partial charge in [-0.3, -0.25) is 4.72 Å². The number of carbonyl (C=O) groups excluding carboxylic acids is 1. The maximum absolute atomic E-state index is 12.3. The first kappa shape index (κ1) is 16.8. The summed E-state index contributed by atoms with van der Waals surface area (Å²) in [4.78, 5) is 11.5. The average molecular weight is 335 g/mol. The third-order valence-electron chi connectivity index (χ3n) is 3.30. The molecule has 0 aliphatic heterocycles. The van der Waals surface area contributed by atoms with Gasteiger partial charge >= 0.3 is 5.97 Å². The van der Waals surface area contributed by atoms with E-state index < -0.39 is 16.0 Å². The lowest BCUT2D eigenvalue weighted by Gasteiger charge is -2.10. The van der Waals surface area contributed by atoms with Gasteiger partial charge in [-0.15, -0.1) is 0 Å². The van der Waals surface area contributed by atoms with E-state index in [1.54, 1.807) is 12.1 Å².